The largest absolute Gasteiger partial charge is 1.00 e. The molecule has 66 valence electrons. The van der Waals surface area contributed by atoms with Crippen molar-refractivity contribution in [1.82, 2.24) is 0 Å². The molecule has 0 amide bonds. The standard InChI is InChI=1S/C5H9N3O3.2Na.2H/c1-3(9)11-4(10)2-8-5(6)7;;;;/h2H2,1H3,(H4,6,7,8);;;;/q;2*+1;2*-1. The van der Waals surface area contributed by atoms with Crippen LogP contribution in [0.2, 0.25) is 0 Å². The van der Waals surface area contributed by atoms with E-state index in [4.69, 9.17) is 11.5 Å². The number of rotatable bonds is 2. The number of hydrogen-bond donors (Lipinski definition) is 2. The molecule has 0 rings (SSSR count). The number of carbonyl (C=O) groups excluding carboxylic acids is 2. The third kappa shape index (κ3) is 15.2. The summed E-state index contributed by atoms with van der Waals surface area (Å²) in [7, 11) is 0. The van der Waals surface area contributed by atoms with Crippen LogP contribution in [0, 0.1) is 0 Å². The molecule has 0 saturated heterocycles. The van der Waals surface area contributed by atoms with Gasteiger partial charge in [0.1, 0.15) is 6.54 Å². The van der Waals surface area contributed by atoms with Crippen molar-refractivity contribution in [2.45, 2.75) is 6.92 Å². The van der Waals surface area contributed by atoms with E-state index in [0.29, 0.717) is 0 Å². The minimum atomic E-state index is -0.772. The second-order valence-corrected chi connectivity index (χ2v) is 1.71. The van der Waals surface area contributed by atoms with E-state index in [1.807, 2.05) is 0 Å². The normalized spacial score (nSPS) is 7.15. The monoisotopic (exact) mass is 207 g/mol. The van der Waals surface area contributed by atoms with Crippen molar-refractivity contribution in [2.75, 3.05) is 6.54 Å². The molecule has 0 spiro atoms. The molecule has 0 heterocycles. The first kappa shape index (κ1) is 19.1. The van der Waals surface area contributed by atoms with E-state index in [1.165, 1.54) is 0 Å². The van der Waals surface area contributed by atoms with Gasteiger partial charge in [-0.25, -0.2) is 9.79 Å². The Balaban J connectivity index is -0.0000000833. The molecule has 0 aromatic carbocycles. The van der Waals surface area contributed by atoms with Crippen LogP contribution >= 0.6 is 0 Å². The first-order valence-electron chi connectivity index (χ1n) is 2.79. The zero-order chi connectivity index (χ0) is 8.85. The summed E-state index contributed by atoms with van der Waals surface area (Å²) in [5, 5.41) is 0. The quantitative estimate of drug-likeness (QED) is 0.154. The summed E-state index contributed by atoms with van der Waals surface area (Å²) < 4.78 is 4.10. The maximum Gasteiger partial charge on any atom is 1.00 e. The molecule has 13 heavy (non-hydrogen) atoms. The van der Waals surface area contributed by atoms with Gasteiger partial charge >= 0.3 is 71.1 Å². The Morgan fingerprint density at radius 3 is 2.15 bits per heavy atom. The molecule has 0 aliphatic carbocycles. The van der Waals surface area contributed by atoms with Gasteiger partial charge in [0.05, 0.1) is 0 Å². The molecular formula is C5H11N3Na2O3. The molecule has 6 nitrogen and oxygen atoms in total. The van der Waals surface area contributed by atoms with Crippen LogP contribution in [0.25, 0.3) is 0 Å². The molecule has 0 aliphatic rings. The molecule has 0 saturated carbocycles. The summed E-state index contributed by atoms with van der Waals surface area (Å²) in [5.74, 6) is -1.67. The molecular weight excluding hydrogens is 196 g/mol. The van der Waals surface area contributed by atoms with Crippen LogP contribution in [0.5, 0.6) is 0 Å². The zero-order valence-electron chi connectivity index (χ0n) is 10.0. The summed E-state index contributed by atoms with van der Waals surface area (Å²) in [6.07, 6.45) is 0. The van der Waals surface area contributed by atoms with Crippen molar-refractivity contribution in [3.63, 3.8) is 0 Å². The van der Waals surface area contributed by atoms with Gasteiger partial charge in [-0.05, 0) is 0 Å². The molecule has 8 heteroatoms. The molecule has 0 aromatic heterocycles. The maximum atomic E-state index is 10.5. The van der Waals surface area contributed by atoms with Crippen LogP contribution < -0.4 is 70.6 Å². The molecule has 0 aromatic rings. The number of aliphatic imine (C=N–C) groups is 1. The van der Waals surface area contributed by atoms with Gasteiger partial charge in [-0.15, -0.1) is 0 Å². The van der Waals surface area contributed by atoms with E-state index >= 15 is 0 Å². The SMILES string of the molecule is CC(=O)OC(=O)CN=C(N)N.[H-].[H-].[Na+].[Na+]. The van der Waals surface area contributed by atoms with Crippen LogP contribution in [0.3, 0.4) is 0 Å². The number of nitrogens with two attached hydrogens (primary N) is 2. The molecule has 0 unspecified atom stereocenters. The van der Waals surface area contributed by atoms with E-state index in [-0.39, 0.29) is 74.5 Å². The Bertz CT molecular complexity index is 212. The van der Waals surface area contributed by atoms with Crippen LogP contribution in [0.1, 0.15) is 9.78 Å². The Labute approximate surface area is 123 Å². The van der Waals surface area contributed by atoms with Crippen molar-refractivity contribution in [2.24, 2.45) is 16.5 Å². The van der Waals surface area contributed by atoms with E-state index in [9.17, 15) is 9.59 Å². The average molecular weight is 207 g/mol. The van der Waals surface area contributed by atoms with Gasteiger partial charge in [-0.3, -0.25) is 4.79 Å². The number of ether oxygens (including phenoxy) is 1. The van der Waals surface area contributed by atoms with Gasteiger partial charge in [-0.1, -0.05) is 0 Å². The summed E-state index contributed by atoms with van der Waals surface area (Å²) in [4.78, 5) is 24.0. The number of nitrogens with zero attached hydrogens (tertiary/aromatic N) is 1. The maximum absolute atomic E-state index is 10.5. The van der Waals surface area contributed by atoms with Crippen molar-refractivity contribution in [1.29, 1.82) is 0 Å². The van der Waals surface area contributed by atoms with Gasteiger partial charge in [0.25, 0.3) is 0 Å². The van der Waals surface area contributed by atoms with Crippen molar-refractivity contribution in [3.8, 4) is 0 Å². The summed E-state index contributed by atoms with van der Waals surface area (Å²) in [5.41, 5.74) is 9.81. The fourth-order valence-electron chi connectivity index (χ4n) is 0.348. The summed E-state index contributed by atoms with van der Waals surface area (Å²) in [6.45, 7) is 0.787. The number of carbonyl (C=O) groups is 2. The van der Waals surface area contributed by atoms with E-state index < -0.39 is 11.9 Å². The minimum Gasteiger partial charge on any atom is -1.00 e. The van der Waals surface area contributed by atoms with E-state index in [2.05, 4.69) is 9.73 Å². The van der Waals surface area contributed by atoms with Crippen molar-refractivity contribution >= 4 is 17.9 Å². The number of hydrogen-bond acceptors (Lipinski definition) is 4. The van der Waals surface area contributed by atoms with Gasteiger partial charge < -0.3 is 19.1 Å². The zero-order valence-corrected chi connectivity index (χ0v) is 12.0. The molecule has 0 fully saturated rings. The predicted octanol–water partition coefficient (Wildman–Crippen LogP) is -7.42. The fourth-order valence-corrected chi connectivity index (χ4v) is 0.348. The second-order valence-electron chi connectivity index (χ2n) is 1.71. The molecule has 0 aliphatic heterocycles. The van der Waals surface area contributed by atoms with Gasteiger partial charge in [0.2, 0.25) is 0 Å². The average Bonchev–Trinajstić information content (AvgIpc) is 1.82. The van der Waals surface area contributed by atoms with Crippen LogP contribution in [-0.4, -0.2) is 24.4 Å². The third-order valence-electron chi connectivity index (χ3n) is 0.648. The van der Waals surface area contributed by atoms with E-state index in [1.54, 1.807) is 0 Å². The Hall–Kier alpha value is 0.410. The summed E-state index contributed by atoms with van der Waals surface area (Å²) in [6, 6.07) is 0. The topological polar surface area (TPSA) is 108 Å². The van der Waals surface area contributed by atoms with Crippen LogP contribution in [0.4, 0.5) is 0 Å². The van der Waals surface area contributed by atoms with Gasteiger partial charge in [0, 0.05) is 6.92 Å². The van der Waals surface area contributed by atoms with Gasteiger partial charge in [-0.2, -0.15) is 0 Å². The van der Waals surface area contributed by atoms with Gasteiger partial charge in [0.15, 0.2) is 5.96 Å². The first-order chi connectivity index (χ1) is 5.02. The molecule has 4 N–H and O–H groups in total. The number of guanidine groups is 1. The Morgan fingerprint density at radius 2 is 1.85 bits per heavy atom. The first-order valence-corrected chi connectivity index (χ1v) is 2.79. The van der Waals surface area contributed by atoms with Crippen LogP contribution in [-0.2, 0) is 14.3 Å². The number of esters is 2. The fraction of sp³-hybridized carbons (Fsp3) is 0.400. The Morgan fingerprint density at radius 1 is 1.38 bits per heavy atom. The van der Waals surface area contributed by atoms with E-state index in [0.717, 1.165) is 6.92 Å². The molecule has 0 radical (unpaired) electrons. The molecule has 0 bridgehead atoms. The third-order valence-corrected chi connectivity index (χ3v) is 0.648. The minimum absolute atomic E-state index is 0. The smallest absolute Gasteiger partial charge is 1.00 e. The van der Waals surface area contributed by atoms with Crippen LogP contribution in [0.15, 0.2) is 4.99 Å². The Kier molecular flexibility index (Phi) is 15.4. The van der Waals surface area contributed by atoms with Crippen molar-refractivity contribution in [3.05, 3.63) is 0 Å². The van der Waals surface area contributed by atoms with Crippen molar-refractivity contribution < 1.29 is 76.3 Å². The summed E-state index contributed by atoms with van der Waals surface area (Å²) >= 11 is 0. The second kappa shape index (κ2) is 10.5. The molecule has 0 atom stereocenters. The predicted molar refractivity (Wildman–Crippen MR) is 39.7 cm³/mol.